The molecule has 2 N–H and O–H groups in total. The highest BCUT2D eigenvalue weighted by Crippen LogP contribution is 2.31. The Morgan fingerprint density at radius 2 is 1.70 bits per heavy atom. The molecular formula is C25H25FN4O3. The molecule has 1 fully saturated rings. The SMILES string of the molecule is O=C(NC1CCCCC1)C(c1ccc(O)cc1)N(C(=O)c1cnccn1)c1ccc(F)cc1. The van der Waals surface area contributed by atoms with Crippen LogP contribution >= 0.6 is 0 Å². The first-order valence-corrected chi connectivity index (χ1v) is 11.0. The number of carbonyl (C=O) groups excluding carboxylic acids is 2. The molecule has 1 heterocycles. The van der Waals surface area contributed by atoms with Crippen molar-refractivity contribution in [1.82, 2.24) is 15.3 Å². The van der Waals surface area contributed by atoms with Gasteiger partial charge < -0.3 is 10.4 Å². The molecule has 0 bridgehead atoms. The molecule has 170 valence electrons. The van der Waals surface area contributed by atoms with Gasteiger partial charge in [-0.2, -0.15) is 0 Å². The third-order valence-corrected chi connectivity index (χ3v) is 5.77. The summed E-state index contributed by atoms with van der Waals surface area (Å²) in [4.78, 5) is 36.6. The highest BCUT2D eigenvalue weighted by molar-refractivity contribution is 6.09. The molecule has 0 saturated heterocycles. The summed E-state index contributed by atoms with van der Waals surface area (Å²) in [6.45, 7) is 0. The van der Waals surface area contributed by atoms with Crippen molar-refractivity contribution in [2.75, 3.05) is 4.90 Å². The number of carbonyl (C=O) groups is 2. The predicted molar refractivity (Wildman–Crippen MR) is 121 cm³/mol. The Bertz CT molecular complexity index is 1080. The lowest BCUT2D eigenvalue weighted by atomic mass is 9.94. The van der Waals surface area contributed by atoms with Crippen LogP contribution in [-0.4, -0.2) is 32.9 Å². The van der Waals surface area contributed by atoms with E-state index in [0.717, 1.165) is 32.1 Å². The van der Waals surface area contributed by atoms with Gasteiger partial charge in [-0.15, -0.1) is 0 Å². The number of nitrogens with zero attached hydrogens (tertiary/aromatic N) is 3. The van der Waals surface area contributed by atoms with Gasteiger partial charge in [-0.05, 0) is 54.8 Å². The number of phenols is 1. The second kappa shape index (κ2) is 10.2. The van der Waals surface area contributed by atoms with Crippen LogP contribution in [0.2, 0.25) is 0 Å². The van der Waals surface area contributed by atoms with Gasteiger partial charge in [0.05, 0.1) is 6.20 Å². The maximum absolute atomic E-state index is 13.7. The van der Waals surface area contributed by atoms with Crippen molar-refractivity contribution in [2.45, 2.75) is 44.2 Å². The zero-order valence-electron chi connectivity index (χ0n) is 18.0. The van der Waals surface area contributed by atoms with Crippen LogP contribution in [0.25, 0.3) is 0 Å². The molecule has 2 aromatic carbocycles. The first-order valence-electron chi connectivity index (χ1n) is 11.0. The van der Waals surface area contributed by atoms with Crippen LogP contribution in [0.15, 0.2) is 67.1 Å². The molecular weight excluding hydrogens is 423 g/mol. The number of hydrogen-bond donors (Lipinski definition) is 2. The molecule has 1 aromatic heterocycles. The Hall–Kier alpha value is -3.81. The monoisotopic (exact) mass is 448 g/mol. The number of halogens is 1. The molecule has 7 nitrogen and oxygen atoms in total. The lowest BCUT2D eigenvalue weighted by molar-refractivity contribution is -0.123. The average Bonchev–Trinajstić information content (AvgIpc) is 2.85. The molecule has 1 aliphatic carbocycles. The van der Waals surface area contributed by atoms with Crippen LogP contribution < -0.4 is 10.2 Å². The fourth-order valence-corrected chi connectivity index (χ4v) is 4.12. The van der Waals surface area contributed by atoms with Gasteiger partial charge in [-0.3, -0.25) is 19.5 Å². The van der Waals surface area contributed by atoms with E-state index in [1.54, 1.807) is 12.1 Å². The molecule has 1 aliphatic rings. The molecule has 0 radical (unpaired) electrons. The van der Waals surface area contributed by atoms with Crippen LogP contribution in [-0.2, 0) is 4.79 Å². The lowest BCUT2D eigenvalue weighted by Gasteiger charge is -2.33. The van der Waals surface area contributed by atoms with Gasteiger partial charge in [-0.25, -0.2) is 9.37 Å². The fourth-order valence-electron chi connectivity index (χ4n) is 4.12. The zero-order chi connectivity index (χ0) is 23.2. The van der Waals surface area contributed by atoms with Gasteiger partial charge in [0.1, 0.15) is 23.3 Å². The van der Waals surface area contributed by atoms with E-state index in [9.17, 15) is 19.1 Å². The summed E-state index contributed by atoms with van der Waals surface area (Å²) >= 11 is 0. The molecule has 1 saturated carbocycles. The summed E-state index contributed by atoms with van der Waals surface area (Å²) in [5.74, 6) is -1.32. The maximum atomic E-state index is 13.7. The Labute approximate surface area is 191 Å². The van der Waals surface area contributed by atoms with Crippen molar-refractivity contribution in [3.05, 3.63) is 84.2 Å². The third-order valence-electron chi connectivity index (χ3n) is 5.77. The highest BCUT2D eigenvalue weighted by atomic mass is 19.1. The summed E-state index contributed by atoms with van der Waals surface area (Å²) in [5, 5.41) is 12.9. The smallest absolute Gasteiger partial charge is 0.279 e. The van der Waals surface area contributed by atoms with Gasteiger partial charge >= 0.3 is 0 Å². The Morgan fingerprint density at radius 1 is 1.00 bits per heavy atom. The van der Waals surface area contributed by atoms with Gasteiger partial charge in [0.25, 0.3) is 5.91 Å². The van der Waals surface area contributed by atoms with Crippen LogP contribution in [0.4, 0.5) is 10.1 Å². The van der Waals surface area contributed by atoms with E-state index in [4.69, 9.17) is 0 Å². The highest BCUT2D eigenvalue weighted by Gasteiger charge is 2.35. The number of anilines is 1. The van der Waals surface area contributed by atoms with Crippen LogP contribution in [0.5, 0.6) is 5.75 Å². The van der Waals surface area contributed by atoms with Crippen LogP contribution in [0.1, 0.15) is 54.2 Å². The van der Waals surface area contributed by atoms with E-state index in [-0.39, 0.29) is 23.4 Å². The molecule has 8 heteroatoms. The second-order valence-corrected chi connectivity index (χ2v) is 8.08. The minimum absolute atomic E-state index is 0.0209. The zero-order valence-corrected chi connectivity index (χ0v) is 18.0. The molecule has 4 rings (SSSR count). The van der Waals surface area contributed by atoms with Crippen LogP contribution in [0, 0.1) is 5.82 Å². The van der Waals surface area contributed by atoms with Crippen molar-refractivity contribution < 1.29 is 19.1 Å². The fraction of sp³-hybridized carbons (Fsp3) is 0.280. The summed E-state index contributed by atoms with van der Waals surface area (Å²) in [5.41, 5.74) is 0.891. The van der Waals surface area contributed by atoms with Gasteiger partial charge in [0.2, 0.25) is 5.91 Å². The van der Waals surface area contributed by atoms with E-state index >= 15 is 0 Å². The summed E-state index contributed by atoms with van der Waals surface area (Å²) < 4.78 is 13.7. The molecule has 0 aliphatic heterocycles. The van der Waals surface area contributed by atoms with Crippen molar-refractivity contribution >= 4 is 17.5 Å². The predicted octanol–water partition coefficient (Wildman–Crippen LogP) is 4.16. The van der Waals surface area contributed by atoms with E-state index in [1.807, 2.05) is 0 Å². The minimum atomic E-state index is -1.06. The van der Waals surface area contributed by atoms with Crippen molar-refractivity contribution in [3.63, 3.8) is 0 Å². The average molecular weight is 448 g/mol. The normalized spacial score (nSPS) is 14.9. The molecule has 0 spiro atoms. The maximum Gasteiger partial charge on any atom is 0.279 e. The number of nitrogens with one attached hydrogen (secondary N) is 1. The number of aromatic nitrogens is 2. The number of hydrogen-bond acceptors (Lipinski definition) is 5. The van der Waals surface area contributed by atoms with Crippen LogP contribution in [0.3, 0.4) is 0 Å². The summed E-state index contributed by atoms with van der Waals surface area (Å²) in [6.07, 6.45) is 9.14. The third kappa shape index (κ3) is 5.34. The first-order chi connectivity index (χ1) is 16.0. The standard InChI is InChI=1S/C25H25FN4O3/c26-18-8-10-20(11-9-18)30(25(33)22-16-27-14-15-28-22)23(17-6-12-21(31)13-7-17)24(32)29-19-4-2-1-3-5-19/h6-16,19,23,31H,1-5H2,(H,29,32). The largest absolute Gasteiger partial charge is 0.508 e. The number of amides is 2. The Morgan fingerprint density at radius 3 is 2.33 bits per heavy atom. The van der Waals surface area contributed by atoms with Crippen molar-refractivity contribution in [2.24, 2.45) is 0 Å². The summed E-state index contributed by atoms with van der Waals surface area (Å²) in [7, 11) is 0. The van der Waals surface area contributed by atoms with E-state index < -0.39 is 17.8 Å². The molecule has 1 atom stereocenters. The number of benzene rings is 2. The molecule has 33 heavy (non-hydrogen) atoms. The van der Waals surface area contributed by atoms with Crippen molar-refractivity contribution in [3.8, 4) is 5.75 Å². The topological polar surface area (TPSA) is 95.4 Å². The van der Waals surface area contributed by atoms with E-state index in [1.165, 1.54) is 59.9 Å². The number of phenolic OH excluding ortho intramolecular Hbond substituents is 1. The quantitative estimate of drug-likeness (QED) is 0.591. The lowest BCUT2D eigenvalue weighted by Crippen LogP contribution is -2.47. The second-order valence-electron chi connectivity index (χ2n) is 8.08. The Kier molecular flexibility index (Phi) is 6.92. The van der Waals surface area contributed by atoms with Gasteiger partial charge in [0, 0.05) is 24.1 Å². The minimum Gasteiger partial charge on any atom is -0.508 e. The van der Waals surface area contributed by atoms with Gasteiger partial charge in [0.15, 0.2) is 0 Å². The van der Waals surface area contributed by atoms with Gasteiger partial charge in [-0.1, -0.05) is 31.4 Å². The van der Waals surface area contributed by atoms with E-state index in [0.29, 0.717) is 11.3 Å². The Balaban J connectivity index is 1.79. The first kappa shape index (κ1) is 22.4. The molecule has 1 unspecified atom stereocenters. The molecule has 3 aromatic rings. The molecule has 2 amide bonds. The number of aromatic hydroxyl groups is 1. The van der Waals surface area contributed by atoms with Crippen molar-refractivity contribution in [1.29, 1.82) is 0 Å². The van der Waals surface area contributed by atoms with E-state index in [2.05, 4.69) is 15.3 Å². The number of rotatable bonds is 6. The summed E-state index contributed by atoms with van der Waals surface area (Å²) in [6, 6.07) is 10.5.